The van der Waals surface area contributed by atoms with Gasteiger partial charge in [0, 0.05) is 23.6 Å². The summed E-state index contributed by atoms with van der Waals surface area (Å²) in [7, 11) is 0. The van der Waals surface area contributed by atoms with Crippen molar-refractivity contribution in [2.24, 2.45) is 10.2 Å². The van der Waals surface area contributed by atoms with Gasteiger partial charge in [0.25, 0.3) is 0 Å². The number of hydrogen-bond acceptors (Lipinski definition) is 6. The maximum atomic E-state index is 12.8. The zero-order valence-electron chi connectivity index (χ0n) is 22.5. The molecule has 2 aliphatic rings. The van der Waals surface area contributed by atoms with Crippen LogP contribution in [0.5, 0.6) is 0 Å². The Morgan fingerprint density at radius 1 is 0.795 bits per heavy atom. The summed E-state index contributed by atoms with van der Waals surface area (Å²) in [6.45, 7) is 8.05. The maximum Gasteiger partial charge on any atom is 0.234 e. The predicted molar refractivity (Wildman–Crippen MR) is 163 cm³/mol. The fraction of sp³-hybridized carbons (Fsp3) is 0.182. The third kappa shape index (κ3) is 4.16. The molecule has 4 aromatic carbocycles. The lowest BCUT2D eigenvalue weighted by atomic mass is 9.92. The van der Waals surface area contributed by atoms with E-state index >= 15 is 0 Å². The smallest absolute Gasteiger partial charge is 0.234 e. The Labute approximate surface area is 233 Å². The molecule has 2 aliphatic heterocycles. The number of thioether (sulfide) groups is 1. The van der Waals surface area contributed by atoms with Crippen LogP contribution < -0.4 is 10.0 Å². The molecule has 2 heterocycles. The number of rotatable bonds is 5. The number of fused-ring (bicyclic) bond motifs is 2. The van der Waals surface area contributed by atoms with Gasteiger partial charge in [0.05, 0.1) is 17.1 Å². The first-order valence-electron chi connectivity index (χ1n) is 13.2. The molecule has 6 rings (SSSR count). The summed E-state index contributed by atoms with van der Waals surface area (Å²) in [6.07, 6.45) is 0. The van der Waals surface area contributed by atoms with Gasteiger partial charge in [-0.1, -0.05) is 98.8 Å². The Balaban J connectivity index is 1.64. The average Bonchev–Trinajstić information content (AvgIpc) is 3.35. The Hall–Kier alpha value is -4.16. The third-order valence-corrected chi connectivity index (χ3v) is 8.65. The van der Waals surface area contributed by atoms with Gasteiger partial charge in [-0.15, -0.1) is 0 Å². The molecule has 4 aromatic rings. The summed E-state index contributed by atoms with van der Waals surface area (Å²) >= 11 is 1.45. The van der Waals surface area contributed by atoms with Crippen LogP contribution in [-0.4, -0.2) is 16.5 Å². The van der Waals surface area contributed by atoms with Crippen molar-refractivity contribution >= 4 is 39.7 Å². The minimum absolute atomic E-state index is 0.0694. The molecule has 5 nitrogen and oxygen atoms in total. The molecule has 194 valence electrons. The van der Waals surface area contributed by atoms with Crippen LogP contribution in [0.3, 0.4) is 0 Å². The van der Waals surface area contributed by atoms with E-state index < -0.39 is 4.99 Å². The topological polar surface area (TPSA) is 48.3 Å². The lowest BCUT2D eigenvalue weighted by Crippen LogP contribution is -2.54. The molecule has 1 spiro atoms. The number of hydrogen-bond donors (Lipinski definition) is 0. The number of aryl methyl sites for hydroxylation is 1. The van der Waals surface area contributed by atoms with Gasteiger partial charge >= 0.3 is 0 Å². The van der Waals surface area contributed by atoms with Crippen LogP contribution in [0.25, 0.3) is 0 Å². The van der Waals surface area contributed by atoms with Gasteiger partial charge in [-0.3, -0.25) is 4.79 Å². The normalized spacial score (nSPS) is 18.3. The van der Waals surface area contributed by atoms with Crippen molar-refractivity contribution in [3.8, 4) is 0 Å². The maximum absolute atomic E-state index is 12.8. The molecule has 6 heteroatoms. The SMILES string of the molecule is CC(=O)C1=NN(c2ccccc2C)[C@]2(S1)c1ccccc1C(c1ccc(C(C)C)cc1)=NN2c1ccccc1. The minimum atomic E-state index is -0.938. The highest BCUT2D eigenvalue weighted by Crippen LogP contribution is 2.55. The van der Waals surface area contributed by atoms with Crippen molar-refractivity contribution in [1.82, 2.24) is 0 Å². The molecule has 0 fully saturated rings. The number of nitrogens with zero attached hydrogens (tertiary/aromatic N) is 4. The van der Waals surface area contributed by atoms with Crippen molar-refractivity contribution in [2.75, 3.05) is 10.0 Å². The predicted octanol–water partition coefficient (Wildman–Crippen LogP) is 7.66. The number of carbonyl (C=O) groups excluding carboxylic acids is 1. The number of ketones is 1. The lowest BCUT2D eigenvalue weighted by molar-refractivity contribution is -0.110. The van der Waals surface area contributed by atoms with Gasteiger partial charge in [0.1, 0.15) is 0 Å². The molecule has 0 saturated heterocycles. The Morgan fingerprint density at radius 3 is 2.15 bits per heavy atom. The zero-order chi connectivity index (χ0) is 27.1. The van der Waals surface area contributed by atoms with Crippen molar-refractivity contribution < 1.29 is 4.79 Å². The van der Waals surface area contributed by atoms with E-state index in [2.05, 4.69) is 87.5 Å². The standard InChI is InChI=1S/C33H30N4OS/c1-22(2)25-18-20-26(21-19-25)31-28-15-9-10-16-29(28)33(36(34-31)27-13-6-5-7-14-27)37(35-32(39-33)24(4)38)30-17-11-8-12-23(30)3/h5-22H,1-4H3/t33-/m0/s1. The van der Waals surface area contributed by atoms with E-state index in [9.17, 15) is 4.79 Å². The summed E-state index contributed by atoms with van der Waals surface area (Å²) in [5.74, 6) is 0.378. The van der Waals surface area contributed by atoms with Gasteiger partial charge in [-0.2, -0.15) is 10.2 Å². The van der Waals surface area contributed by atoms with Crippen LogP contribution in [0.2, 0.25) is 0 Å². The van der Waals surface area contributed by atoms with Crippen molar-refractivity contribution in [1.29, 1.82) is 0 Å². The number of carbonyl (C=O) groups is 1. The van der Waals surface area contributed by atoms with Gasteiger partial charge < -0.3 is 0 Å². The van der Waals surface area contributed by atoms with Crippen LogP contribution in [-0.2, 0) is 9.79 Å². The zero-order valence-corrected chi connectivity index (χ0v) is 23.3. The highest BCUT2D eigenvalue weighted by atomic mass is 32.2. The molecule has 0 saturated carbocycles. The Kier molecular flexibility index (Phi) is 6.35. The van der Waals surface area contributed by atoms with E-state index in [0.717, 1.165) is 39.3 Å². The highest BCUT2D eigenvalue weighted by molar-refractivity contribution is 8.17. The second-order valence-corrected chi connectivity index (χ2v) is 11.3. The van der Waals surface area contributed by atoms with Gasteiger partial charge in [0.15, 0.2) is 10.8 Å². The van der Waals surface area contributed by atoms with E-state index in [1.165, 1.54) is 17.3 Å². The molecule has 0 radical (unpaired) electrons. The van der Waals surface area contributed by atoms with Crippen LogP contribution in [0.4, 0.5) is 11.4 Å². The van der Waals surface area contributed by atoms with Crippen molar-refractivity contribution in [3.05, 3.63) is 131 Å². The van der Waals surface area contributed by atoms with Gasteiger partial charge in [0.2, 0.25) is 4.99 Å². The first-order chi connectivity index (χ1) is 18.9. The largest absolute Gasteiger partial charge is 0.292 e. The molecule has 0 bridgehead atoms. The van der Waals surface area contributed by atoms with Crippen LogP contribution in [0, 0.1) is 6.92 Å². The molecule has 0 amide bonds. The Bertz CT molecular complexity index is 1610. The molecule has 0 aromatic heterocycles. The number of para-hydroxylation sites is 2. The quantitative estimate of drug-likeness (QED) is 0.266. The van der Waals surface area contributed by atoms with Crippen molar-refractivity contribution in [3.63, 3.8) is 0 Å². The molecular formula is C33H30N4OS. The summed E-state index contributed by atoms with van der Waals surface area (Å²) in [5.41, 5.74) is 8.17. The Morgan fingerprint density at radius 2 is 1.46 bits per heavy atom. The highest BCUT2D eigenvalue weighted by Gasteiger charge is 2.56. The summed E-state index contributed by atoms with van der Waals surface area (Å²) < 4.78 is 0. The minimum Gasteiger partial charge on any atom is -0.292 e. The summed E-state index contributed by atoms with van der Waals surface area (Å²) in [6, 6.07) is 35.3. The number of benzene rings is 4. The average molecular weight is 531 g/mol. The molecule has 39 heavy (non-hydrogen) atoms. The van der Waals surface area contributed by atoms with E-state index in [-0.39, 0.29) is 5.78 Å². The number of hydrazone groups is 2. The van der Waals surface area contributed by atoms with Crippen molar-refractivity contribution in [2.45, 2.75) is 38.6 Å². The van der Waals surface area contributed by atoms with Crippen LogP contribution >= 0.6 is 11.8 Å². The van der Waals surface area contributed by atoms with Crippen LogP contribution in [0.1, 0.15) is 54.5 Å². The molecule has 0 N–H and O–H groups in total. The van der Waals surface area contributed by atoms with E-state index in [1.54, 1.807) is 6.92 Å². The van der Waals surface area contributed by atoms with E-state index in [0.29, 0.717) is 11.0 Å². The second-order valence-electron chi connectivity index (χ2n) is 10.2. The summed E-state index contributed by atoms with van der Waals surface area (Å²) in [5, 5.41) is 14.8. The van der Waals surface area contributed by atoms with Gasteiger partial charge in [-0.05, 0) is 53.9 Å². The fourth-order valence-corrected chi connectivity index (χ4v) is 6.45. The monoisotopic (exact) mass is 530 g/mol. The van der Waals surface area contributed by atoms with E-state index in [4.69, 9.17) is 10.2 Å². The lowest BCUT2D eigenvalue weighted by Gasteiger charge is -2.47. The molecule has 0 unspecified atom stereocenters. The number of Topliss-reactive ketones (excluding diaryl/α,β-unsaturated/α-hetero) is 1. The molecule has 0 aliphatic carbocycles. The molecule has 1 atom stereocenters. The first-order valence-corrected chi connectivity index (χ1v) is 14.0. The van der Waals surface area contributed by atoms with E-state index in [1.807, 2.05) is 46.4 Å². The number of anilines is 2. The van der Waals surface area contributed by atoms with Crippen LogP contribution in [0.15, 0.2) is 113 Å². The molecular weight excluding hydrogens is 500 g/mol. The van der Waals surface area contributed by atoms with Gasteiger partial charge in [-0.25, -0.2) is 10.0 Å². The summed E-state index contributed by atoms with van der Waals surface area (Å²) in [4.78, 5) is 11.9. The third-order valence-electron chi connectivity index (χ3n) is 7.23. The second kappa shape index (κ2) is 9.86. The first kappa shape index (κ1) is 25.1. The fourth-order valence-electron chi connectivity index (χ4n) is 5.17.